The van der Waals surface area contributed by atoms with Crippen molar-refractivity contribution >= 4 is 40.5 Å². The molecule has 1 atom stereocenters. The minimum Gasteiger partial charge on any atom is -0.444 e. The molecule has 0 aliphatic carbocycles. The van der Waals surface area contributed by atoms with E-state index in [4.69, 9.17) is 30.3 Å². The fraction of sp³-hybridized carbons (Fsp3) is 0.613. The van der Waals surface area contributed by atoms with Crippen LogP contribution in [0, 0.1) is 5.41 Å². The highest BCUT2D eigenvalue weighted by Gasteiger charge is 2.35. The van der Waals surface area contributed by atoms with Crippen molar-refractivity contribution in [3.05, 3.63) is 29.7 Å². The van der Waals surface area contributed by atoms with E-state index >= 15 is 0 Å². The standard InChI is InChI=1S/C31H43N9O4/c1-30(2,3)44-29(42)34-19-31(4)12-16-38(17-13-31)26-23(25(32)41)35-24-27(36-26)40(22-11-5-6-18-43-22)37-28(24)39-15-8-9-20-21(39)10-7-14-33-20/h7,10,14,22H,5-6,8-9,11-13,15-19H2,1-4H3,(H2,32,41)(H,34,42). The molecule has 13 heteroatoms. The third kappa shape index (κ3) is 6.15. The average molecular weight is 606 g/mol. The van der Waals surface area contributed by atoms with E-state index < -0.39 is 17.6 Å². The molecule has 2 saturated heterocycles. The van der Waals surface area contributed by atoms with Crippen LogP contribution in [0.15, 0.2) is 18.3 Å². The Morgan fingerprint density at radius 2 is 1.93 bits per heavy atom. The summed E-state index contributed by atoms with van der Waals surface area (Å²) >= 11 is 0. The fourth-order valence-corrected chi connectivity index (χ4v) is 6.26. The lowest BCUT2D eigenvalue weighted by Gasteiger charge is -2.40. The van der Waals surface area contributed by atoms with Crippen LogP contribution in [0.4, 0.5) is 22.1 Å². The molecule has 236 valence electrons. The number of alkyl carbamates (subject to hydrolysis) is 1. The van der Waals surface area contributed by atoms with Crippen LogP contribution in [0.5, 0.6) is 0 Å². The Morgan fingerprint density at radius 1 is 1.14 bits per heavy atom. The van der Waals surface area contributed by atoms with Crippen molar-refractivity contribution < 1.29 is 19.1 Å². The summed E-state index contributed by atoms with van der Waals surface area (Å²) in [6, 6.07) is 3.97. The number of primary amides is 1. The van der Waals surface area contributed by atoms with Crippen molar-refractivity contribution in [2.24, 2.45) is 11.1 Å². The highest BCUT2D eigenvalue weighted by atomic mass is 16.6. The molecule has 0 spiro atoms. The first kappa shape index (κ1) is 30.0. The number of carbonyl (C=O) groups excluding carboxylic acids is 2. The number of piperidine rings is 1. The number of hydrogen-bond acceptors (Lipinski definition) is 10. The van der Waals surface area contributed by atoms with E-state index in [0.29, 0.717) is 49.0 Å². The highest BCUT2D eigenvalue weighted by Crippen LogP contribution is 2.39. The molecule has 3 aromatic heterocycles. The van der Waals surface area contributed by atoms with Gasteiger partial charge in [-0.3, -0.25) is 9.78 Å². The summed E-state index contributed by atoms with van der Waals surface area (Å²) in [5, 5.41) is 7.98. The number of nitrogens with zero attached hydrogens (tertiary/aromatic N) is 7. The number of anilines is 3. The van der Waals surface area contributed by atoms with E-state index in [2.05, 4.69) is 27.0 Å². The van der Waals surface area contributed by atoms with E-state index in [1.807, 2.05) is 43.8 Å². The Bertz CT molecular complexity index is 1530. The van der Waals surface area contributed by atoms with Gasteiger partial charge in [0.2, 0.25) is 0 Å². The van der Waals surface area contributed by atoms with Crippen molar-refractivity contribution in [2.45, 2.75) is 84.5 Å². The Morgan fingerprint density at radius 3 is 2.64 bits per heavy atom. The third-order valence-electron chi connectivity index (χ3n) is 8.69. The van der Waals surface area contributed by atoms with Crippen LogP contribution >= 0.6 is 0 Å². The summed E-state index contributed by atoms with van der Waals surface area (Å²) in [5.41, 5.74) is 8.46. The maximum Gasteiger partial charge on any atom is 0.407 e. The number of rotatable bonds is 6. The summed E-state index contributed by atoms with van der Waals surface area (Å²) in [5.74, 6) is 0.447. The van der Waals surface area contributed by atoms with E-state index in [9.17, 15) is 9.59 Å². The molecule has 44 heavy (non-hydrogen) atoms. The number of ether oxygens (including phenoxy) is 2. The van der Waals surface area contributed by atoms with Gasteiger partial charge in [-0.15, -0.1) is 5.10 Å². The molecule has 6 rings (SSSR count). The molecule has 6 heterocycles. The summed E-state index contributed by atoms with van der Waals surface area (Å²) in [7, 11) is 0. The number of aryl methyl sites for hydroxylation is 1. The molecule has 1 unspecified atom stereocenters. The lowest BCUT2D eigenvalue weighted by molar-refractivity contribution is -0.0368. The van der Waals surface area contributed by atoms with Crippen molar-refractivity contribution in [3.8, 4) is 0 Å². The number of nitrogens with two attached hydrogens (primary N) is 1. The Kier molecular flexibility index (Phi) is 8.08. The summed E-state index contributed by atoms with van der Waals surface area (Å²) < 4.78 is 13.4. The molecule has 3 aliphatic heterocycles. The molecule has 0 aromatic carbocycles. The minimum atomic E-state index is -0.636. The van der Waals surface area contributed by atoms with Gasteiger partial charge in [0.1, 0.15) is 5.60 Å². The minimum absolute atomic E-state index is 0.127. The second-order valence-corrected chi connectivity index (χ2v) is 13.4. The van der Waals surface area contributed by atoms with Gasteiger partial charge < -0.3 is 30.3 Å². The van der Waals surface area contributed by atoms with Gasteiger partial charge in [-0.1, -0.05) is 6.92 Å². The third-order valence-corrected chi connectivity index (χ3v) is 8.69. The molecule has 3 N–H and O–H groups in total. The van der Waals surface area contributed by atoms with E-state index in [1.54, 1.807) is 0 Å². The zero-order valence-corrected chi connectivity index (χ0v) is 26.1. The Labute approximate surface area is 257 Å². The number of fused-ring (bicyclic) bond motifs is 2. The van der Waals surface area contributed by atoms with Crippen LogP contribution in [0.2, 0.25) is 0 Å². The lowest BCUT2D eigenvalue weighted by Crippen LogP contribution is -2.46. The quantitative estimate of drug-likeness (QED) is 0.417. The van der Waals surface area contributed by atoms with Crippen LogP contribution in [0.1, 0.15) is 88.6 Å². The molecule has 0 bridgehead atoms. The molecule has 3 aromatic rings. The predicted octanol–water partition coefficient (Wildman–Crippen LogP) is 4.23. The van der Waals surface area contributed by atoms with Gasteiger partial charge in [-0.2, -0.15) is 0 Å². The van der Waals surface area contributed by atoms with Gasteiger partial charge in [0.05, 0.1) is 11.4 Å². The van der Waals surface area contributed by atoms with E-state index in [-0.39, 0.29) is 17.3 Å². The molecular formula is C31H43N9O4. The number of hydrogen-bond donors (Lipinski definition) is 2. The average Bonchev–Trinajstić information content (AvgIpc) is 3.37. The Hall–Kier alpha value is -4.00. The highest BCUT2D eigenvalue weighted by molar-refractivity contribution is 5.99. The van der Waals surface area contributed by atoms with Crippen LogP contribution in [-0.2, 0) is 15.9 Å². The van der Waals surface area contributed by atoms with Gasteiger partial charge in [0, 0.05) is 39.0 Å². The number of carbonyl (C=O) groups is 2. The first-order valence-corrected chi connectivity index (χ1v) is 15.7. The number of amides is 2. The van der Waals surface area contributed by atoms with Gasteiger partial charge in [0.15, 0.2) is 34.7 Å². The topological polar surface area (TPSA) is 154 Å². The van der Waals surface area contributed by atoms with Gasteiger partial charge in [-0.25, -0.2) is 19.4 Å². The summed E-state index contributed by atoms with van der Waals surface area (Å²) in [6.45, 7) is 10.8. The smallest absolute Gasteiger partial charge is 0.407 e. The zero-order chi connectivity index (χ0) is 31.1. The second-order valence-electron chi connectivity index (χ2n) is 13.4. The van der Waals surface area contributed by atoms with Crippen LogP contribution in [-0.4, -0.2) is 75.1 Å². The normalized spacial score (nSPS) is 20.3. The van der Waals surface area contributed by atoms with Gasteiger partial charge in [0.25, 0.3) is 5.91 Å². The number of pyridine rings is 1. The zero-order valence-electron chi connectivity index (χ0n) is 26.1. The first-order valence-electron chi connectivity index (χ1n) is 15.7. The molecule has 2 amide bonds. The van der Waals surface area contributed by atoms with E-state index in [1.165, 1.54) is 0 Å². The maximum atomic E-state index is 12.9. The molecule has 0 radical (unpaired) electrons. The van der Waals surface area contributed by atoms with Crippen molar-refractivity contribution in [1.82, 2.24) is 30.0 Å². The van der Waals surface area contributed by atoms with Crippen LogP contribution in [0.3, 0.4) is 0 Å². The Balaban J connectivity index is 1.33. The first-order chi connectivity index (χ1) is 21.0. The van der Waals surface area contributed by atoms with Crippen LogP contribution < -0.4 is 20.9 Å². The predicted molar refractivity (Wildman–Crippen MR) is 166 cm³/mol. The van der Waals surface area contributed by atoms with Crippen molar-refractivity contribution in [1.29, 1.82) is 0 Å². The summed E-state index contributed by atoms with van der Waals surface area (Å²) in [4.78, 5) is 43.9. The molecule has 0 saturated carbocycles. The SMILES string of the molecule is CC1(CNC(=O)OC(C)(C)C)CCN(c2nc3c(nc2C(N)=O)c(N2CCCc4ncccc42)nn3C2CCCCO2)CC1. The lowest BCUT2D eigenvalue weighted by atomic mass is 9.80. The van der Waals surface area contributed by atoms with Crippen LogP contribution in [0.25, 0.3) is 11.2 Å². The molecule has 3 aliphatic rings. The largest absolute Gasteiger partial charge is 0.444 e. The summed E-state index contributed by atoms with van der Waals surface area (Å²) in [6.07, 6.45) is 7.31. The second kappa shape index (κ2) is 11.8. The molecule has 2 fully saturated rings. The van der Waals surface area contributed by atoms with Crippen molar-refractivity contribution in [3.63, 3.8) is 0 Å². The van der Waals surface area contributed by atoms with Gasteiger partial charge in [-0.05, 0) is 83.3 Å². The number of nitrogens with one attached hydrogen (secondary N) is 1. The monoisotopic (exact) mass is 605 g/mol. The van der Waals surface area contributed by atoms with E-state index in [0.717, 1.165) is 62.9 Å². The number of aromatic nitrogens is 5. The molecular weight excluding hydrogens is 562 g/mol. The fourth-order valence-electron chi connectivity index (χ4n) is 6.26. The molecule has 13 nitrogen and oxygen atoms in total. The van der Waals surface area contributed by atoms with Crippen molar-refractivity contribution in [2.75, 3.05) is 42.6 Å². The maximum absolute atomic E-state index is 12.9. The van der Waals surface area contributed by atoms with Gasteiger partial charge >= 0.3 is 6.09 Å².